The van der Waals surface area contributed by atoms with E-state index in [0.717, 1.165) is 41.9 Å². The molecule has 2 amide bonds. The molecule has 1 atom stereocenters. The van der Waals surface area contributed by atoms with Crippen molar-refractivity contribution in [3.8, 4) is 22.4 Å². The van der Waals surface area contributed by atoms with E-state index < -0.39 is 0 Å². The Kier molecular flexibility index (Phi) is 7.87. The predicted octanol–water partition coefficient (Wildman–Crippen LogP) is 4.60. The quantitative estimate of drug-likeness (QED) is 0.343. The van der Waals surface area contributed by atoms with E-state index >= 15 is 0 Å². The summed E-state index contributed by atoms with van der Waals surface area (Å²) in [4.78, 5) is 35.2. The molecule has 1 unspecified atom stereocenters. The molecule has 5 rings (SSSR count). The number of nitrogens with two attached hydrogens (primary N) is 1. The summed E-state index contributed by atoms with van der Waals surface area (Å²) >= 11 is 12.9. The van der Waals surface area contributed by atoms with Gasteiger partial charge in [-0.05, 0) is 36.6 Å². The number of benzene rings is 2. The van der Waals surface area contributed by atoms with Crippen LogP contribution in [0.4, 0.5) is 11.6 Å². The molecule has 0 bridgehead atoms. The lowest BCUT2D eigenvalue weighted by Crippen LogP contribution is -2.42. The van der Waals surface area contributed by atoms with Crippen LogP contribution >= 0.6 is 23.2 Å². The van der Waals surface area contributed by atoms with Crippen molar-refractivity contribution in [3.05, 3.63) is 64.6 Å². The Morgan fingerprint density at radius 1 is 1.07 bits per heavy atom. The molecular weight excluding hydrogens is 549 g/mol. The number of primary amides is 1. The van der Waals surface area contributed by atoms with Crippen molar-refractivity contribution in [1.29, 1.82) is 0 Å². The molecule has 1 aliphatic rings. The molecule has 3 heterocycles. The first-order chi connectivity index (χ1) is 19.1. The summed E-state index contributed by atoms with van der Waals surface area (Å²) in [6, 6.07) is 17.0. The zero-order valence-electron chi connectivity index (χ0n) is 22.6. The topological polar surface area (TPSA) is 100 Å². The smallest absolute Gasteiger partial charge is 0.241 e. The Bertz CT molecular complexity index is 1570. The highest BCUT2D eigenvalue weighted by Crippen LogP contribution is 2.40. The SMILES string of the molecule is CN(C)C(=O)CN(C)c1cc(N2CCCC(C(N)=O)C2)n2nc(-c3ccccc3Cl)c(-c3ccc(Cl)cc3)c2n1. The maximum absolute atomic E-state index is 12.6. The van der Waals surface area contributed by atoms with Gasteiger partial charge in [0.05, 0.1) is 23.0 Å². The number of rotatable bonds is 7. The minimum Gasteiger partial charge on any atom is -0.369 e. The second kappa shape index (κ2) is 11.3. The molecule has 1 saturated heterocycles. The highest BCUT2D eigenvalue weighted by Gasteiger charge is 2.29. The monoisotopic (exact) mass is 579 g/mol. The van der Waals surface area contributed by atoms with E-state index in [1.807, 2.05) is 66.5 Å². The van der Waals surface area contributed by atoms with E-state index in [-0.39, 0.29) is 24.3 Å². The van der Waals surface area contributed by atoms with Crippen LogP contribution in [-0.4, -0.2) is 72.1 Å². The Morgan fingerprint density at radius 3 is 2.48 bits per heavy atom. The second-order valence-corrected chi connectivity index (χ2v) is 11.1. The van der Waals surface area contributed by atoms with Gasteiger partial charge in [0.25, 0.3) is 0 Å². The number of piperidine rings is 1. The Balaban J connectivity index is 1.78. The van der Waals surface area contributed by atoms with Crippen LogP contribution in [0, 0.1) is 5.92 Å². The number of carbonyl (C=O) groups excluding carboxylic acids is 2. The van der Waals surface area contributed by atoms with Gasteiger partial charge in [-0.3, -0.25) is 9.59 Å². The lowest BCUT2D eigenvalue weighted by Gasteiger charge is -2.33. The minimum atomic E-state index is -0.317. The third-order valence-corrected chi connectivity index (χ3v) is 7.81. The normalized spacial score (nSPS) is 15.3. The predicted molar refractivity (Wildman–Crippen MR) is 160 cm³/mol. The molecule has 11 heteroatoms. The van der Waals surface area contributed by atoms with E-state index in [0.29, 0.717) is 33.7 Å². The molecule has 208 valence electrons. The third kappa shape index (κ3) is 5.44. The van der Waals surface area contributed by atoms with Crippen molar-refractivity contribution in [2.75, 3.05) is 50.6 Å². The molecule has 9 nitrogen and oxygen atoms in total. The molecule has 0 aliphatic carbocycles. The van der Waals surface area contributed by atoms with E-state index in [1.165, 1.54) is 0 Å². The van der Waals surface area contributed by atoms with E-state index in [4.69, 9.17) is 39.0 Å². The van der Waals surface area contributed by atoms with Crippen LogP contribution in [0.3, 0.4) is 0 Å². The van der Waals surface area contributed by atoms with Gasteiger partial charge in [0, 0.05) is 50.9 Å². The molecule has 1 fully saturated rings. The lowest BCUT2D eigenvalue weighted by molar-refractivity contribution is -0.127. The zero-order valence-corrected chi connectivity index (χ0v) is 24.2. The number of likely N-dealkylation sites (N-methyl/N-ethyl adjacent to an activating group) is 2. The zero-order chi connectivity index (χ0) is 28.6. The van der Waals surface area contributed by atoms with Crippen LogP contribution in [-0.2, 0) is 9.59 Å². The Labute approximate surface area is 243 Å². The fraction of sp³-hybridized carbons (Fsp3) is 0.310. The first kappa shape index (κ1) is 27.7. The van der Waals surface area contributed by atoms with Gasteiger partial charge in [-0.15, -0.1) is 0 Å². The molecule has 2 aromatic heterocycles. The van der Waals surface area contributed by atoms with Crippen molar-refractivity contribution in [1.82, 2.24) is 19.5 Å². The van der Waals surface area contributed by atoms with Gasteiger partial charge in [-0.2, -0.15) is 9.61 Å². The molecule has 1 aliphatic heterocycles. The number of carbonyl (C=O) groups is 2. The summed E-state index contributed by atoms with van der Waals surface area (Å²) in [6.07, 6.45) is 1.55. The Hall–Kier alpha value is -3.82. The van der Waals surface area contributed by atoms with Crippen LogP contribution in [0.15, 0.2) is 54.6 Å². The minimum absolute atomic E-state index is 0.0549. The first-order valence-corrected chi connectivity index (χ1v) is 13.8. The summed E-state index contributed by atoms with van der Waals surface area (Å²) in [5, 5.41) is 6.23. The van der Waals surface area contributed by atoms with Gasteiger partial charge in [0.1, 0.15) is 17.3 Å². The number of nitrogens with zero attached hydrogens (tertiary/aromatic N) is 6. The lowest BCUT2D eigenvalue weighted by atomic mass is 9.97. The van der Waals surface area contributed by atoms with Crippen molar-refractivity contribution in [2.45, 2.75) is 12.8 Å². The molecule has 2 aromatic carbocycles. The molecule has 4 aromatic rings. The van der Waals surface area contributed by atoms with E-state index in [2.05, 4.69) is 4.90 Å². The van der Waals surface area contributed by atoms with Gasteiger partial charge in [-0.25, -0.2) is 4.98 Å². The average molecular weight is 581 g/mol. The average Bonchev–Trinajstić information content (AvgIpc) is 3.32. The van der Waals surface area contributed by atoms with Gasteiger partial charge in [0.15, 0.2) is 5.65 Å². The number of anilines is 2. The summed E-state index contributed by atoms with van der Waals surface area (Å²) in [7, 11) is 5.28. The summed E-state index contributed by atoms with van der Waals surface area (Å²) in [6.45, 7) is 1.33. The summed E-state index contributed by atoms with van der Waals surface area (Å²) < 4.78 is 1.80. The van der Waals surface area contributed by atoms with Crippen LogP contribution in [0.5, 0.6) is 0 Å². The van der Waals surface area contributed by atoms with Gasteiger partial charge in [-0.1, -0.05) is 53.5 Å². The number of hydrogen-bond donors (Lipinski definition) is 1. The fourth-order valence-corrected chi connectivity index (χ4v) is 5.33. The van der Waals surface area contributed by atoms with Gasteiger partial charge >= 0.3 is 0 Å². The largest absolute Gasteiger partial charge is 0.369 e. The number of fused-ring (bicyclic) bond motifs is 1. The maximum Gasteiger partial charge on any atom is 0.241 e. The van der Waals surface area contributed by atoms with Crippen LogP contribution in [0.25, 0.3) is 28.0 Å². The van der Waals surface area contributed by atoms with E-state index in [1.54, 1.807) is 23.5 Å². The molecule has 0 saturated carbocycles. The van der Waals surface area contributed by atoms with Crippen molar-refractivity contribution in [2.24, 2.45) is 11.7 Å². The summed E-state index contributed by atoms with van der Waals surface area (Å²) in [5.41, 5.74) is 9.38. The van der Waals surface area contributed by atoms with Crippen LogP contribution < -0.4 is 15.5 Å². The number of aromatic nitrogens is 3. The Morgan fingerprint density at radius 2 is 1.80 bits per heavy atom. The highest BCUT2D eigenvalue weighted by molar-refractivity contribution is 6.33. The van der Waals surface area contributed by atoms with Crippen LogP contribution in [0.1, 0.15) is 12.8 Å². The van der Waals surface area contributed by atoms with E-state index in [9.17, 15) is 9.59 Å². The number of amides is 2. The summed E-state index contributed by atoms with van der Waals surface area (Å²) in [5.74, 6) is 0.704. The van der Waals surface area contributed by atoms with Crippen molar-refractivity contribution >= 4 is 52.3 Å². The third-order valence-electron chi connectivity index (χ3n) is 7.23. The fourth-order valence-electron chi connectivity index (χ4n) is 4.98. The maximum atomic E-state index is 12.6. The standard InChI is InChI=1S/C29H31Cl2N7O2/c1-35(2)25(39)17-36(3)23-15-24(37-14-6-7-19(16-37)28(32)40)38-29(33-23)26(18-10-12-20(30)13-11-18)27(34-38)21-8-4-5-9-22(21)31/h4-5,8-13,15,19H,6-7,14,16-17H2,1-3H3,(H2,32,40). The van der Waals surface area contributed by atoms with Gasteiger partial charge < -0.3 is 20.4 Å². The van der Waals surface area contributed by atoms with Crippen LogP contribution in [0.2, 0.25) is 10.0 Å². The van der Waals surface area contributed by atoms with Crippen molar-refractivity contribution < 1.29 is 9.59 Å². The molecule has 40 heavy (non-hydrogen) atoms. The highest BCUT2D eigenvalue weighted by atomic mass is 35.5. The molecule has 0 spiro atoms. The van der Waals surface area contributed by atoms with Crippen molar-refractivity contribution in [3.63, 3.8) is 0 Å². The van der Waals surface area contributed by atoms with Gasteiger partial charge in [0.2, 0.25) is 11.8 Å². The first-order valence-electron chi connectivity index (χ1n) is 13.0. The second-order valence-electron chi connectivity index (χ2n) is 10.3. The molecule has 0 radical (unpaired) electrons. The molecule has 2 N–H and O–H groups in total. The number of hydrogen-bond acceptors (Lipinski definition) is 6. The molecular formula is C29H31Cl2N7O2. The number of halogens is 2.